The predicted octanol–water partition coefficient (Wildman–Crippen LogP) is 6.81. The van der Waals surface area contributed by atoms with Crippen LogP contribution in [0.25, 0.3) is 5.57 Å². The van der Waals surface area contributed by atoms with E-state index in [1.807, 2.05) is 12.1 Å². The van der Waals surface area contributed by atoms with Gasteiger partial charge >= 0.3 is 0 Å². The molecular weight excluding hydrogens is 663 g/mol. The van der Waals surface area contributed by atoms with E-state index in [-0.39, 0.29) is 16.1 Å². The first kappa shape index (κ1) is 34.0. The number of nitrogens with zero attached hydrogens (tertiary/aromatic N) is 3. The van der Waals surface area contributed by atoms with Gasteiger partial charge in [-0.1, -0.05) is 36.8 Å². The Bertz CT molecular complexity index is 1900. The normalized spacial score (nSPS) is 25.0. The number of piperazine rings is 1. The zero-order valence-corrected chi connectivity index (χ0v) is 29.8. The van der Waals surface area contributed by atoms with Gasteiger partial charge in [0.05, 0.1) is 10.6 Å². The first-order valence-electron chi connectivity index (χ1n) is 18.6. The molecule has 4 unspecified atom stereocenters. The molecule has 4 atom stereocenters. The molecule has 1 amide bonds. The number of fused-ring (bicyclic) bond motifs is 5. The van der Waals surface area contributed by atoms with Gasteiger partial charge in [0.2, 0.25) is 0 Å². The highest BCUT2D eigenvalue weighted by Gasteiger charge is 2.50. The molecule has 2 bridgehead atoms. The molecule has 2 heterocycles. The number of amides is 1. The highest BCUT2D eigenvalue weighted by Crippen LogP contribution is 2.60. The fourth-order valence-electron chi connectivity index (χ4n) is 9.40. The Morgan fingerprint density at radius 1 is 0.902 bits per heavy atom. The van der Waals surface area contributed by atoms with E-state index < -0.39 is 15.9 Å². The lowest BCUT2D eigenvalue weighted by Gasteiger charge is -2.36. The minimum absolute atomic E-state index is 0.0222. The van der Waals surface area contributed by atoms with Crippen molar-refractivity contribution in [3.63, 3.8) is 0 Å². The topological polar surface area (TPSA) is 120 Å². The summed E-state index contributed by atoms with van der Waals surface area (Å²) in [6.07, 6.45) is 10.1. The van der Waals surface area contributed by atoms with Gasteiger partial charge in [0.1, 0.15) is 5.69 Å². The van der Waals surface area contributed by atoms with Crippen molar-refractivity contribution in [1.29, 1.82) is 0 Å². The van der Waals surface area contributed by atoms with Crippen LogP contribution in [0.15, 0.2) is 82.9 Å². The molecule has 3 aliphatic carbocycles. The number of hydrogen-bond acceptors (Lipinski definition) is 9. The Morgan fingerprint density at radius 3 is 2.45 bits per heavy atom. The number of anilines is 2. The van der Waals surface area contributed by atoms with Crippen molar-refractivity contribution in [3.8, 4) is 0 Å². The van der Waals surface area contributed by atoms with Crippen molar-refractivity contribution >= 4 is 38.6 Å². The van der Waals surface area contributed by atoms with Crippen molar-refractivity contribution in [1.82, 2.24) is 9.62 Å². The van der Waals surface area contributed by atoms with Crippen LogP contribution < -0.4 is 14.9 Å². The van der Waals surface area contributed by atoms with Crippen LogP contribution in [0.4, 0.5) is 17.1 Å². The average molecular weight is 710 g/mol. The van der Waals surface area contributed by atoms with Gasteiger partial charge in [0.25, 0.3) is 15.9 Å². The first-order valence-corrected chi connectivity index (χ1v) is 20.1. The number of benzene rings is 3. The highest BCUT2D eigenvalue weighted by atomic mass is 32.2. The van der Waals surface area contributed by atoms with E-state index in [9.17, 15) is 18.1 Å². The Hall–Kier alpha value is -4.06. The molecule has 5 aliphatic rings. The second-order valence-electron chi connectivity index (χ2n) is 15.0. The van der Waals surface area contributed by atoms with Crippen LogP contribution in [0.5, 0.6) is 0 Å². The lowest BCUT2D eigenvalue weighted by molar-refractivity contribution is 0.0699. The number of carbonyl (C=O) groups excluding carboxylic acids is 1. The van der Waals surface area contributed by atoms with Gasteiger partial charge in [0, 0.05) is 63.7 Å². The average Bonchev–Trinajstić information content (AvgIpc) is 3.90. The van der Waals surface area contributed by atoms with Crippen molar-refractivity contribution in [2.75, 3.05) is 56.2 Å². The summed E-state index contributed by atoms with van der Waals surface area (Å²) in [5.41, 5.74) is 6.18. The zero-order valence-electron chi connectivity index (χ0n) is 29.0. The minimum atomic E-state index is -4.23. The van der Waals surface area contributed by atoms with E-state index in [4.69, 9.17) is 4.74 Å². The lowest BCUT2D eigenvalue weighted by atomic mass is 9.78. The van der Waals surface area contributed by atoms with Gasteiger partial charge in [-0.05, 0) is 126 Å². The Labute approximate surface area is 300 Å². The van der Waals surface area contributed by atoms with Crippen LogP contribution >= 0.6 is 0 Å². The standard InChI is InChI=1S/C40H47N5O5S/c46-40(43-51(48,49)32-12-13-38(39(24-32)42-47)41-25-27-14-20-50-21-15-27)28-8-10-31(11-9-28)45-18-16-44(17-19-45)26-29-4-1-2-5-33(29)36-22-30-23-37(36)35-7-3-6-34(30)35/h1-2,4-5,8-13,22,24,27,30,34-35,37,41H,3,6-7,14-21,23,25-26H2,(H,43,46). The summed E-state index contributed by atoms with van der Waals surface area (Å²) in [6.45, 7) is 6.60. The minimum Gasteiger partial charge on any atom is -0.383 e. The predicted molar refractivity (Wildman–Crippen MR) is 199 cm³/mol. The summed E-state index contributed by atoms with van der Waals surface area (Å²) in [7, 11) is -4.23. The van der Waals surface area contributed by atoms with Crippen LogP contribution in [0.1, 0.15) is 60.0 Å². The number of nitroso groups, excluding NO2 is 1. The maximum absolute atomic E-state index is 13.1. The molecule has 0 spiro atoms. The summed E-state index contributed by atoms with van der Waals surface area (Å²) >= 11 is 0. The third-order valence-electron chi connectivity index (χ3n) is 12.1. The van der Waals surface area contributed by atoms with Crippen LogP contribution in [0.3, 0.4) is 0 Å². The number of hydrogen-bond donors (Lipinski definition) is 2. The smallest absolute Gasteiger partial charge is 0.264 e. The highest BCUT2D eigenvalue weighted by molar-refractivity contribution is 7.90. The quantitative estimate of drug-likeness (QED) is 0.209. The van der Waals surface area contributed by atoms with Crippen molar-refractivity contribution < 1.29 is 17.9 Å². The second kappa shape index (κ2) is 14.5. The summed E-state index contributed by atoms with van der Waals surface area (Å²) in [5, 5.41) is 6.25. The van der Waals surface area contributed by atoms with Gasteiger partial charge in [0.15, 0.2) is 0 Å². The monoisotopic (exact) mass is 709 g/mol. The zero-order chi connectivity index (χ0) is 35.0. The van der Waals surface area contributed by atoms with Gasteiger partial charge < -0.3 is 15.0 Å². The molecule has 2 N–H and O–H groups in total. The molecule has 51 heavy (non-hydrogen) atoms. The Kier molecular flexibility index (Phi) is 9.69. The first-order chi connectivity index (χ1) is 24.9. The van der Waals surface area contributed by atoms with E-state index in [0.717, 1.165) is 74.9 Å². The SMILES string of the molecule is O=Nc1cc(S(=O)(=O)NC(=O)c2ccc(N3CCN(Cc4ccccc4C4=CC5CC4C4CCCC54)CC3)cc2)ccc1NCC1CCOCC1. The molecule has 2 saturated carbocycles. The van der Waals surface area contributed by atoms with E-state index in [0.29, 0.717) is 31.4 Å². The fourth-order valence-corrected chi connectivity index (χ4v) is 10.4. The Morgan fingerprint density at radius 2 is 1.67 bits per heavy atom. The van der Waals surface area contributed by atoms with E-state index in [1.54, 1.807) is 17.7 Å². The lowest BCUT2D eigenvalue weighted by Crippen LogP contribution is -2.46. The molecule has 3 aromatic rings. The van der Waals surface area contributed by atoms with Gasteiger partial charge in [-0.25, -0.2) is 13.1 Å². The summed E-state index contributed by atoms with van der Waals surface area (Å²) < 4.78 is 33.8. The molecule has 4 fully saturated rings. The number of allylic oxidation sites excluding steroid dienone is 2. The molecule has 11 heteroatoms. The fraction of sp³-hybridized carbons (Fsp3) is 0.475. The molecule has 2 aliphatic heterocycles. The van der Waals surface area contributed by atoms with Crippen LogP contribution in [0.2, 0.25) is 0 Å². The van der Waals surface area contributed by atoms with Crippen LogP contribution in [-0.2, 0) is 21.3 Å². The molecule has 3 aromatic carbocycles. The van der Waals surface area contributed by atoms with Gasteiger partial charge in [-0.15, -0.1) is 4.91 Å². The number of rotatable bonds is 11. The molecule has 0 aromatic heterocycles. The van der Waals surface area contributed by atoms with Crippen molar-refractivity contribution in [2.24, 2.45) is 34.8 Å². The molecular formula is C40H47N5O5S. The molecule has 8 rings (SSSR count). The molecule has 268 valence electrons. The third kappa shape index (κ3) is 7.08. The maximum Gasteiger partial charge on any atom is 0.264 e. The largest absolute Gasteiger partial charge is 0.383 e. The van der Waals surface area contributed by atoms with Crippen molar-refractivity contribution in [3.05, 3.63) is 94.4 Å². The van der Waals surface area contributed by atoms with E-state index in [2.05, 4.69) is 55.4 Å². The Balaban J connectivity index is 0.851. The molecule has 10 nitrogen and oxygen atoms in total. The number of carbonyl (C=O) groups is 1. The second-order valence-corrected chi connectivity index (χ2v) is 16.7. The van der Waals surface area contributed by atoms with E-state index >= 15 is 0 Å². The summed E-state index contributed by atoms with van der Waals surface area (Å²) in [4.78, 5) is 29.3. The van der Waals surface area contributed by atoms with Gasteiger partial charge in [-0.2, -0.15) is 0 Å². The van der Waals surface area contributed by atoms with Crippen LogP contribution in [-0.4, -0.2) is 65.2 Å². The van der Waals surface area contributed by atoms with Crippen LogP contribution in [0, 0.1) is 34.5 Å². The number of nitrogens with one attached hydrogen (secondary N) is 2. The summed E-state index contributed by atoms with van der Waals surface area (Å²) in [5.74, 6) is 3.04. The maximum atomic E-state index is 13.1. The third-order valence-corrected chi connectivity index (χ3v) is 13.5. The summed E-state index contributed by atoms with van der Waals surface area (Å²) in [6, 6.07) is 20.2. The number of sulfonamides is 1. The van der Waals surface area contributed by atoms with E-state index in [1.165, 1.54) is 55.0 Å². The number of ether oxygens (including phenoxy) is 1. The molecule has 2 saturated heterocycles. The molecule has 0 radical (unpaired) electrons. The van der Waals surface area contributed by atoms with Gasteiger partial charge in [-0.3, -0.25) is 9.69 Å². The van der Waals surface area contributed by atoms with Crippen molar-refractivity contribution in [2.45, 2.75) is 50.0 Å².